The van der Waals surface area contributed by atoms with Gasteiger partial charge in [-0.3, -0.25) is 0 Å². The summed E-state index contributed by atoms with van der Waals surface area (Å²) in [4.78, 5) is 18.0. The van der Waals surface area contributed by atoms with Gasteiger partial charge in [-0.05, 0) is 31.0 Å². The van der Waals surface area contributed by atoms with Gasteiger partial charge in [0.1, 0.15) is 6.04 Å². The van der Waals surface area contributed by atoms with Gasteiger partial charge in [0.2, 0.25) is 5.88 Å². The van der Waals surface area contributed by atoms with Gasteiger partial charge in [-0.15, -0.1) is 0 Å². The number of quaternary nitrogens is 1. The lowest BCUT2D eigenvalue weighted by molar-refractivity contribution is -0.884. The van der Waals surface area contributed by atoms with Crippen molar-refractivity contribution in [3.8, 4) is 5.88 Å². The Morgan fingerprint density at radius 1 is 1.19 bits per heavy atom. The molecule has 6 heteroatoms. The summed E-state index contributed by atoms with van der Waals surface area (Å²) in [5, 5.41) is 5.90. The molecule has 2 amide bonds. The Morgan fingerprint density at radius 3 is 2.52 bits per heavy atom. The monoisotopic (exact) mass is 371 g/mol. The Kier molecular flexibility index (Phi) is 7.61. The lowest BCUT2D eigenvalue weighted by Gasteiger charge is -2.22. The zero-order valence-electron chi connectivity index (χ0n) is 16.9. The molecule has 0 unspecified atom stereocenters. The van der Waals surface area contributed by atoms with E-state index in [0.29, 0.717) is 25.0 Å². The number of nitrogens with one attached hydrogen (secondary N) is 3. The van der Waals surface area contributed by atoms with Gasteiger partial charge in [0.15, 0.2) is 0 Å². The largest absolute Gasteiger partial charge is 0.481 e. The number of urea groups is 1. The number of amides is 2. The number of likely N-dealkylation sites (N-methyl/N-ethyl adjacent to an activating group) is 1. The number of benzene rings is 1. The van der Waals surface area contributed by atoms with Crippen LogP contribution in [0.4, 0.5) is 4.79 Å². The van der Waals surface area contributed by atoms with Crippen LogP contribution in [0.3, 0.4) is 0 Å². The first-order valence-corrected chi connectivity index (χ1v) is 9.27. The lowest BCUT2D eigenvalue weighted by atomic mass is 10.1. The van der Waals surface area contributed by atoms with Crippen molar-refractivity contribution in [2.24, 2.45) is 0 Å². The number of aryl methyl sites for hydroxylation is 2. The highest BCUT2D eigenvalue weighted by Gasteiger charge is 2.17. The first-order chi connectivity index (χ1) is 12.9. The van der Waals surface area contributed by atoms with Crippen LogP contribution in [0.5, 0.6) is 5.88 Å². The molecule has 1 aromatic heterocycles. The first kappa shape index (κ1) is 20.7. The SMILES string of the molecule is COc1nc(C)cc(C)c1CNC(=O)NC[C@@H](Cc1ccccc1)[NH+](C)C. The fourth-order valence-electron chi connectivity index (χ4n) is 3.04. The van der Waals surface area contributed by atoms with E-state index >= 15 is 0 Å². The number of carbonyl (C=O) groups excluding carboxylic acids is 1. The fraction of sp³-hybridized carbons (Fsp3) is 0.429. The van der Waals surface area contributed by atoms with Crippen molar-refractivity contribution < 1.29 is 14.4 Å². The van der Waals surface area contributed by atoms with Gasteiger partial charge in [-0.25, -0.2) is 9.78 Å². The van der Waals surface area contributed by atoms with Crippen LogP contribution in [0.25, 0.3) is 0 Å². The number of nitrogens with zero attached hydrogens (tertiary/aromatic N) is 1. The van der Waals surface area contributed by atoms with Crippen LogP contribution >= 0.6 is 0 Å². The van der Waals surface area contributed by atoms with Crippen molar-refractivity contribution in [1.29, 1.82) is 0 Å². The Morgan fingerprint density at radius 2 is 1.89 bits per heavy atom. The minimum atomic E-state index is -0.184. The molecule has 3 N–H and O–H groups in total. The average Bonchev–Trinajstić information content (AvgIpc) is 2.64. The average molecular weight is 372 g/mol. The summed E-state index contributed by atoms with van der Waals surface area (Å²) in [5.41, 5.74) is 4.13. The third kappa shape index (κ3) is 6.25. The molecule has 146 valence electrons. The molecule has 0 saturated carbocycles. The summed E-state index contributed by atoms with van der Waals surface area (Å²) in [6, 6.07) is 12.5. The predicted molar refractivity (Wildman–Crippen MR) is 107 cm³/mol. The molecule has 27 heavy (non-hydrogen) atoms. The van der Waals surface area contributed by atoms with Crippen LogP contribution in [0, 0.1) is 13.8 Å². The summed E-state index contributed by atoms with van der Waals surface area (Å²) in [6.07, 6.45) is 0.915. The van der Waals surface area contributed by atoms with Crippen molar-refractivity contribution in [3.63, 3.8) is 0 Å². The highest BCUT2D eigenvalue weighted by Crippen LogP contribution is 2.20. The summed E-state index contributed by atoms with van der Waals surface area (Å²) in [5.74, 6) is 0.562. The molecule has 1 heterocycles. The van der Waals surface area contributed by atoms with Gasteiger partial charge < -0.3 is 20.3 Å². The number of hydrogen-bond acceptors (Lipinski definition) is 3. The zero-order chi connectivity index (χ0) is 19.8. The highest BCUT2D eigenvalue weighted by atomic mass is 16.5. The maximum atomic E-state index is 12.3. The molecular formula is C21H31N4O2+. The fourth-order valence-corrected chi connectivity index (χ4v) is 3.04. The molecule has 0 fully saturated rings. The van der Waals surface area contributed by atoms with Crippen LogP contribution in [0.15, 0.2) is 36.4 Å². The van der Waals surface area contributed by atoms with Crippen LogP contribution < -0.4 is 20.3 Å². The Bertz CT molecular complexity index is 747. The summed E-state index contributed by atoms with van der Waals surface area (Å²) >= 11 is 0. The van der Waals surface area contributed by atoms with E-state index in [1.807, 2.05) is 38.1 Å². The molecule has 0 radical (unpaired) electrons. The van der Waals surface area contributed by atoms with Crippen molar-refractivity contribution in [2.75, 3.05) is 27.7 Å². The maximum absolute atomic E-state index is 12.3. The van der Waals surface area contributed by atoms with Crippen LogP contribution in [-0.2, 0) is 13.0 Å². The first-order valence-electron chi connectivity index (χ1n) is 9.27. The smallest absolute Gasteiger partial charge is 0.315 e. The maximum Gasteiger partial charge on any atom is 0.315 e. The minimum absolute atomic E-state index is 0.184. The van der Waals surface area contributed by atoms with Gasteiger partial charge in [0.05, 0.1) is 34.3 Å². The molecule has 1 aromatic carbocycles. The molecule has 1 atom stereocenters. The van der Waals surface area contributed by atoms with E-state index < -0.39 is 0 Å². The van der Waals surface area contributed by atoms with E-state index in [1.165, 1.54) is 10.5 Å². The molecule has 0 aliphatic carbocycles. The predicted octanol–water partition coefficient (Wildman–Crippen LogP) is 1.26. The number of carbonyl (C=O) groups is 1. The molecule has 0 saturated heterocycles. The van der Waals surface area contributed by atoms with Crippen LogP contribution in [0.2, 0.25) is 0 Å². The summed E-state index contributed by atoms with van der Waals surface area (Å²) < 4.78 is 5.35. The Labute approximate surface area is 161 Å². The summed E-state index contributed by atoms with van der Waals surface area (Å²) in [6.45, 7) is 4.91. The highest BCUT2D eigenvalue weighted by molar-refractivity contribution is 5.74. The van der Waals surface area contributed by atoms with Gasteiger partial charge in [0, 0.05) is 17.7 Å². The van der Waals surface area contributed by atoms with Gasteiger partial charge in [-0.1, -0.05) is 30.3 Å². The van der Waals surface area contributed by atoms with Gasteiger partial charge in [0.25, 0.3) is 0 Å². The second kappa shape index (κ2) is 9.92. The molecule has 0 spiro atoms. The second-order valence-corrected chi connectivity index (χ2v) is 7.10. The van der Waals surface area contributed by atoms with Crippen LogP contribution in [-0.4, -0.2) is 44.8 Å². The van der Waals surface area contributed by atoms with Crippen LogP contribution in [0.1, 0.15) is 22.4 Å². The standard InChI is InChI=1S/C21H30N4O2/c1-15-11-16(2)24-20(27-5)19(15)14-23-21(26)22-13-18(25(3)4)12-17-9-7-6-8-10-17/h6-11,18H,12-14H2,1-5H3,(H2,22,23,26)/p+1/t18-/m1/s1. The summed E-state index contributed by atoms with van der Waals surface area (Å²) in [7, 11) is 5.82. The van der Waals surface area contributed by atoms with E-state index in [-0.39, 0.29) is 6.03 Å². The number of ether oxygens (including phenoxy) is 1. The Balaban J connectivity index is 1.89. The molecule has 2 aromatic rings. The molecule has 0 bridgehead atoms. The van der Waals surface area contributed by atoms with E-state index in [0.717, 1.165) is 23.2 Å². The third-order valence-electron chi connectivity index (χ3n) is 4.71. The van der Waals surface area contributed by atoms with E-state index in [9.17, 15) is 4.79 Å². The number of pyridine rings is 1. The van der Waals surface area contributed by atoms with Crippen molar-refractivity contribution in [1.82, 2.24) is 15.6 Å². The minimum Gasteiger partial charge on any atom is -0.481 e. The number of methoxy groups -OCH3 is 1. The molecule has 0 aliphatic heterocycles. The van der Waals surface area contributed by atoms with E-state index in [1.54, 1.807) is 7.11 Å². The Hall–Kier alpha value is -2.60. The third-order valence-corrected chi connectivity index (χ3v) is 4.71. The molecular weight excluding hydrogens is 340 g/mol. The molecule has 0 aliphatic rings. The van der Waals surface area contributed by atoms with E-state index in [4.69, 9.17) is 4.74 Å². The van der Waals surface area contributed by atoms with Crippen molar-refractivity contribution >= 4 is 6.03 Å². The van der Waals surface area contributed by atoms with Gasteiger partial charge in [-0.2, -0.15) is 0 Å². The molecule has 2 rings (SSSR count). The second-order valence-electron chi connectivity index (χ2n) is 7.10. The van der Waals surface area contributed by atoms with Crippen molar-refractivity contribution in [3.05, 3.63) is 58.8 Å². The topological polar surface area (TPSA) is 67.7 Å². The number of hydrogen-bond donors (Lipinski definition) is 3. The quantitative estimate of drug-likeness (QED) is 0.655. The van der Waals surface area contributed by atoms with Gasteiger partial charge >= 0.3 is 6.03 Å². The lowest BCUT2D eigenvalue weighted by Crippen LogP contribution is -3.11. The van der Waals surface area contributed by atoms with Crippen molar-refractivity contribution in [2.45, 2.75) is 32.9 Å². The normalized spacial score (nSPS) is 11.9. The van der Waals surface area contributed by atoms with E-state index in [2.05, 4.69) is 41.8 Å². The molecule has 6 nitrogen and oxygen atoms in total. The zero-order valence-corrected chi connectivity index (χ0v) is 16.9. The number of aromatic nitrogens is 1. The number of rotatable bonds is 8.